The molecule has 1 heterocycles. The van der Waals surface area contributed by atoms with Crippen LogP contribution >= 0.6 is 11.8 Å². The summed E-state index contributed by atoms with van der Waals surface area (Å²) in [5.41, 5.74) is 3.25. The van der Waals surface area contributed by atoms with Crippen molar-refractivity contribution in [2.75, 3.05) is 19.0 Å². The third-order valence-corrected chi connectivity index (χ3v) is 4.55. The number of aliphatic imine (C=N–C) groups is 1. The zero-order chi connectivity index (χ0) is 16.9. The average molecular weight is 337 g/mol. The molecule has 1 aliphatic rings. The fourth-order valence-electron chi connectivity index (χ4n) is 2.27. The van der Waals surface area contributed by atoms with Crippen molar-refractivity contribution < 1.29 is 4.79 Å². The molecule has 1 N–H and O–H groups in total. The van der Waals surface area contributed by atoms with Gasteiger partial charge in [-0.2, -0.15) is 0 Å². The standard InChI is InChI=1S/C19H19N3OS/c1-22(2)16-10-8-14(9-11-16)12-17-18(23)21-19(24-17)20-13-15-6-4-3-5-7-15/h3-12H,13H2,1-2H3,(H,20,21,23)/b17-12-. The second-order valence-electron chi connectivity index (χ2n) is 5.66. The van der Waals surface area contributed by atoms with Gasteiger partial charge in [0.05, 0.1) is 11.4 Å². The van der Waals surface area contributed by atoms with E-state index < -0.39 is 0 Å². The Labute approximate surface area is 146 Å². The number of amidine groups is 1. The van der Waals surface area contributed by atoms with Crippen molar-refractivity contribution in [3.05, 3.63) is 70.6 Å². The van der Waals surface area contributed by atoms with Crippen LogP contribution in [0.3, 0.4) is 0 Å². The predicted molar refractivity (Wildman–Crippen MR) is 102 cm³/mol. The van der Waals surface area contributed by atoms with Crippen LogP contribution in [0.1, 0.15) is 11.1 Å². The second-order valence-corrected chi connectivity index (χ2v) is 6.69. The summed E-state index contributed by atoms with van der Waals surface area (Å²) in [6.45, 7) is 0.564. The number of hydrogen-bond donors (Lipinski definition) is 1. The molecule has 2 aromatic carbocycles. The van der Waals surface area contributed by atoms with Crippen molar-refractivity contribution in [3.63, 3.8) is 0 Å². The number of carbonyl (C=O) groups excluding carboxylic acids is 1. The maximum atomic E-state index is 12.1. The molecule has 1 saturated heterocycles. The van der Waals surface area contributed by atoms with Crippen LogP contribution in [-0.2, 0) is 11.3 Å². The molecule has 0 radical (unpaired) electrons. The molecule has 3 rings (SSSR count). The molecule has 0 unspecified atom stereocenters. The molecule has 0 spiro atoms. The smallest absolute Gasteiger partial charge is 0.264 e. The van der Waals surface area contributed by atoms with Crippen molar-refractivity contribution in [1.29, 1.82) is 0 Å². The summed E-state index contributed by atoms with van der Waals surface area (Å²) in [6, 6.07) is 18.1. The molecular weight excluding hydrogens is 318 g/mol. The van der Waals surface area contributed by atoms with Crippen molar-refractivity contribution in [2.24, 2.45) is 4.99 Å². The van der Waals surface area contributed by atoms with E-state index in [-0.39, 0.29) is 5.91 Å². The van der Waals surface area contributed by atoms with Crippen LogP contribution in [0, 0.1) is 0 Å². The van der Waals surface area contributed by atoms with Crippen LogP contribution in [-0.4, -0.2) is 25.2 Å². The number of nitrogens with zero attached hydrogens (tertiary/aromatic N) is 2. The molecule has 0 bridgehead atoms. The van der Waals surface area contributed by atoms with Gasteiger partial charge in [-0.1, -0.05) is 42.5 Å². The van der Waals surface area contributed by atoms with Crippen LogP contribution in [0.25, 0.3) is 6.08 Å². The van der Waals surface area contributed by atoms with Gasteiger partial charge in [0.25, 0.3) is 5.91 Å². The Morgan fingerprint density at radius 1 is 1.08 bits per heavy atom. The van der Waals surface area contributed by atoms with E-state index in [1.807, 2.05) is 79.7 Å². The molecule has 0 saturated carbocycles. The highest BCUT2D eigenvalue weighted by Crippen LogP contribution is 2.26. The first-order valence-corrected chi connectivity index (χ1v) is 8.50. The predicted octanol–water partition coefficient (Wildman–Crippen LogP) is 3.51. The van der Waals surface area contributed by atoms with Gasteiger partial charge in [-0.15, -0.1) is 0 Å². The Hall–Kier alpha value is -2.53. The lowest BCUT2D eigenvalue weighted by Gasteiger charge is -2.11. The molecule has 2 aromatic rings. The number of rotatable bonds is 4. The SMILES string of the molecule is CN(C)c1ccc(/C=C2\SC(=NCc3ccccc3)NC2=O)cc1. The highest BCUT2D eigenvalue weighted by molar-refractivity contribution is 8.18. The molecule has 122 valence electrons. The Morgan fingerprint density at radius 3 is 2.46 bits per heavy atom. The van der Waals surface area contributed by atoms with E-state index in [1.165, 1.54) is 11.8 Å². The van der Waals surface area contributed by atoms with E-state index in [9.17, 15) is 4.79 Å². The average Bonchev–Trinajstić information content (AvgIpc) is 2.94. The van der Waals surface area contributed by atoms with Crippen LogP contribution in [0.5, 0.6) is 0 Å². The number of hydrogen-bond acceptors (Lipinski definition) is 4. The van der Waals surface area contributed by atoms with Crippen LogP contribution in [0.2, 0.25) is 0 Å². The first kappa shape index (κ1) is 16.3. The topological polar surface area (TPSA) is 44.7 Å². The number of anilines is 1. The van der Waals surface area contributed by atoms with Gasteiger partial charge in [-0.05, 0) is 41.1 Å². The Bertz CT molecular complexity index is 780. The fourth-order valence-corrected chi connectivity index (χ4v) is 3.09. The molecule has 0 aliphatic carbocycles. The number of carbonyl (C=O) groups is 1. The van der Waals surface area contributed by atoms with Gasteiger partial charge in [-0.25, -0.2) is 0 Å². The number of thioether (sulfide) groups is 1. The molecule has 0 aromatic heterocycles. The summed E-state index contributed by atoms with van der Waals surface area (Å²) in [5, 5.41) is 3.47. The van der Waals surface area contributed by atoms with Crippen molar-refractivity contribution in [1.82, 2.24) is 5.32 Å². The van der Waals surface area contributed by atoms with Gasteiger partial charge >= 0.3 is 0 Å². The van der Waals surface area contributed by atoms with E-state index in [0.29, 0.717) is 16.6 Å². The minimum atomic E-state index is -0.0940. The molecule has 1 amide bonds. The maximum absolute atomic E-state index is 12.1. The minimum absolute atomic E-state index is 0.0940. The van der Waals surface area contributed by atoms with E-state index in [1.54, 1.807) is 0 Å². The summed E-state index contributed by atoms with van der Waals surface area (Å²) in [5.74, 6) is -0.0940. The summed E-state index contributed by atoms with van der Waals surface area (Å²) in [4.78, 5) is 19.3. The van der Waals surface area contributed by atoms with E-state index in [4.69, 9.17) is 0 Å². The van der Waals surface area contributed by atoms with Crippen molar-refractivity contribution >= 4 is 34.6 Å². The third kappa shape index (κ3) is 4.06. The Balaban J connectivity index is 1.70. The van der Waals surface area contributed by atoms with Gasteiger partial charge in [0.2, 0.25) is 0 Å². The van der Waals surface area contributed by atoms with Gasteiger partial charge in [0.1, 0.15) is 0 Å². The van der Waals surface area contributed by atoms with Crippen molar-refractivity contribution in [2.45, 2.75) is 6.54 Å². The van der Waals surface area contributed by atoms with Crippen LogP contribution in [0.15, 0.2) is 64.5 Å². The van der Waals surface area contributed by atoms with Gasteiger partial charge in [0, 0.05) is 19.8 Å². The molecule has 5 heteroatoms. The zero-order valence-electron chi connectivity index (χ0n) is 13.7. The fraction of sp³-hybridized carbons (Fsp3) is 0.158. The zero-order valence-corrected chi connectivity index (χ0v) is 14.5. The second kappa shape index (κ2) is 7.36. The molecule has 24 heavy (non-hydrogen) atoms. The van der Waals surface area contributed by atoms with E-state index >= 15 is 0 Å². The maximum Gasteiger partial charge on any atom is 0.264 e. The molecule has 1 fully saturated rings. The van der Waals surface area contributed by atoms with E-state index in [0.717, 1.165) is 16.8 Å². The Kier molecular flexibility index (Phi) is 5.01. The van der Waals surface area contributed by atoms with Gasteiger partial charge in [0.15, 0.2) is 5.17 Å². The minimum Gasteiger partial charge on any atom is -0.378 e. The summed E-state index contributed by atoms with van der Waals surface area (Å²) in [7, 11) is 4.01. The normalized spacial score (nSPS) is 17.3. The van der Waals surface area contributed by atoms with Crippen LogP contribution in [0.4, 0.5) is 5.69 Å². The molecular formula is C19H19N3OS. The molecule has 0 atom stereocenters. The highest BCUT2D eigenvalue weighted by Gasteiger charge is 2.23. The summed E-state index contributed by atoms with van der Waals surface area (Å²) >= 11 is 1.38. The summed E-state index contributed by atoms with van der Waals surface area (Å²) < 4.78 is 0. The largest absolute Gasteiger partial charge is 0.378 e. The quantitative estimate of drug-likeness (QED) is 0.868. The van der Waals surface area contributed by atoms with Gasteiger partial charge in [-0.3, -0.25) is 9.79 Å². The first-order valence-electron chi connectivity index (χ1n) is 7.68. The number of amides is 1. The molecule has 1 aliphatic heterocycles. The number of nitrogens with one attached hydrogen (secondary N) is 1. The Morgan fingerprint density at radius 2 is 1.79 bits per heavy atom. The highest BCUT2D eigenvalue weighted by atomic mass is 32.2. The van der Waals surface area contributed by atoms with Crippen molar-refractivity contribution in [3.8, 4) is 0 Å². The lowest BCUT2D eigenvalue weighted by Crippen LogP contribution is -2.19. The van der Waals surface area contributed by atoms with Crippen LogP contribution < -0.4 is 10.2 Å². The third-order valence-electron chi connectivity index (χ3n) is 3.61. The first-order chi connectivity index (χ1) is 11.6. The summed E-state index contributed by atoms with van der Waals surface area (Å²) in [6.07, 6.45) is 1.89. The number of benzene rings is 2. The van der Waals surface area contributed by atoms with Gasteiger partial charge < -0.3 is 10.2 Å². The molecule has 4 nitrogen and oxygen atoms in total. The lowest BCUT2D eigenvalue weighted by atomic mass is 10.2. The monoisotopic (exact) mass is 337 g/mol. The lowest BCUT2D eigenvalue weighted by molar-refractivity contribution is -0.115. The van der Waals surface area contributed by atoms with E-state index in [2.05, 4.69) is 10.3 Å².